The fourth-order valence-electron chi connectivity index (χ4n) is 2.46. The van der Waals surface area contributed by atoms with Crippen LogP contribution in [0.1, 0.15) is 27.7 Å². The van der Waals surface area contributed by atoms with Crippen molar-refractivity contribution in [3.05, 3.63) is 24.5 Å². The van der Waals surface area contributed by atoms with Crippen LogP contribution in [0.2, 0.25) is 0 Å². The second kappa shape index (κ2) is 11.8. The Balaban J connectivity index is 0.00000441. The number of guanidine groups is 1. The molecule has 0 atom stereocenters. The van der Waals surface area contributed by atoms with E-state index >= 15 is 0 Å². The van der Waals surface area contributed by atoms with Gasteiger partial charge in [0.1, 0.15) is 0 Å². The fourth-order valence-corrected chi connectivity index (χ4v) is 2.46. The van der Waals surface area contributed by atoms with Crippen LogP contribution in [0.15, 0.2) is 29.5 Å². The quantitative estimate of drug-likeness (QED) is 0.385. The molecule has 0 aliphatic rings. The van der Waals surface area contributed by atoms with Crippen LogP contribution >= 0.6 is 24.0 Å². The summed E-state index contributed by atoms with van der Waals surface area (Å²) in [5.41, 5.74) is 0. The first-order chi connectivity index (χ1) is 10.0. The predicted molar refractivity (Wildman–Crippen MR) is 106 cm³/mol. The van der Waals surface area contributed by atoms with Crippen LogP contribution in [0.25, 0.3) is 0 Å². The molecule has 5 nitrogen and oxygen atoms in total. The van der Waals surface area contributed by atoms with Gasteiger partial charge in [0.05, 0.1) is 0 Å². The largest absolute Gasteiger partial charge is 0.355 e. The Bertz CT molecular complexity index is 393. The lowest BCUT2D eigenvalue weighted by Crippen LogP contribution is -2.45. The molecule has 0 spiro atoms. The normalized spacial score (nSPS) is 11.9. The average Bonchev–Trinajstić information content (AvgIpc) is 2.93. The topological polar surface area (TPSA) is 44.6 Å². The van der Waals surface area contributed by atoms with Gasteiger partial charge in [-0.3, -0.25) is 9.89 Å². The molecular formula is C16H32IN5. The first-order valence-corrected chi connectivity index (χ1v) is 7.85. The standard InChI is InChI=1S/C16H31N5.HI/c1-14(2)21(15(3)4)13-9-19-16(17-5)18-8-12-20-10-6-7-11-20;/h6-7,10-11,14-15H,8-9,12-13H2,1-5H3,(H2,17,18,19);1H. The highest BCUT2D eigenvalue weighted by atomic mass is 127. The molecule has 1 aromatic heterocycles. The molecular weight excluding hydrogens is 389 g/mol. The van der Waals surface area contributed by atoms with Gasteiger partial charge in [-0.15, -0.1) is 24.0 Å². The van der Waals surface area contributed by atoms with Gasteiger partial charge in [0.25, 0.3) is 0 Å². The molecule has 0 saturated carbocycles. The van der Waals surface area contributed by atoms with Gasteiger partial charge in [-0.1, -0.05) is 0 Å². The fraction of sp³-hybridized carbons (Fsp3) is 0.688. The van der Waals surface area contributed by atoms with Crippen molar-refractivity contribution in [2.45, 2.75) is 46.3 Å². The first kappa shape index (κ1) is 21.2. The third-order valence-electron chi connectivity index (χ3n) is 3.54. The summed E-state index contributed by atoms with van der Waals surface area (Å²) in [6.45, 7) is 12.7. The number of aliphatic imine (C=N–C) groups is 1. The summed E-state index contributed by atoms with van der Waals surface area (Å²) in [6, 6.07) is 5.21. The Labute approximate surface area is 152 Å². The lowest BCUT2D eigenvalue weighted by Gasteiger charge is -2.30. The number of nitrogens with one attached hydrogen (secondary N) is 2. The number of rotatable bonds is 8. The minimum atomic E-state index is 0. The van der Waals surface area contributed by atoms with E-state index in [9.17, 15) is 0 Å². The van der Waals surface area contributed by atoms with E-state index in [4.69, 9.17) is 0 Å². The van der Waals surface area contributed by atoms with Crippen molar-refractivity contribution in [2.75, 3.05) is 26.7 Å². The van der Waals surface area contributed by atoms with Crippen LogP contribution in [-0.2, 0) is 6.54 Å². The van der Waals surface area contributed by atoms with Crippen molar-refractivity contribution in [2.24, 2.45) is 4.99 Å². The zero-order valence-corrected chi connectivity index (χ0v) is 16.9. The maximum atomic E-state index is 4.26. The van der Waals surface area contributed by atoms with E-state index in [-0.39, 0.29) is 24.0 Å². The van der Waals surface area contributed by atoms with E-state index in [1.165, 1.54) is 0 Å². The smallest absolute Gasteiger partial charge is 0.191 e. The van der Waals surface area contributed by atoms with Gasteiger partial charge in [-0.25, -0.2) is 0 Å². The third kappa shape index (κ3) is 8.03. The highest BCUT2D eigenvalue weighted by molar-refractivity contribution is 14.0. The van der Waals surface area contributed by atoms with Crippen LogP contribution in [0.5, 0.6) is 0 Å². The van der Waals surface area contributed by atoms with E-state index in [0.29, 0.717) is 12.1 Å². The van der Waals surface area contributed by atoms with Gasteiger partial charge in [0.2, 0.25) is 0 Å². The maximum absolute atomic E-state index is 4.26. The van der Waals surface area contributed by atoms with Gasteiger partial charge in [0, 0.05) is 57.7 Å². The number of halogens is 1. The molecule has 0 fully saturated rings. The minimum absolute atomic E-state index is 0. The monoisotopic (exact) mass is 421 g/mol. The van der Waals surface area contributed by atoms with Crippen molar-refractivity contribution < 1.29 is 0 Å². The number of hydrogen-bond donors (Lipinski definition) is 2. The highest BCUT2D eigenvalue weighted by Gasteiger charge is 2.12. The van der Waals surface area contributed by atoms with Gasteiger partial charge in [-0.05, 0) is 39.8 Å². The average molecular weight is 421 g/mol. The Morgan fingerprint density at radius 3 is 2.09 bits per heavy atom. The van der Waals surface area contributed by atoms with E-state index in [1.54, 1.807) is 0 Å². The second-order valence-corrected chi connectivity index (χ2v) is 5.77. The Morgan fingerprint density at radius 2 is 1.59 bits per heavy atom. The van der Waals surface area contributed by atoms with E-state index < -0.39 is 0 Å². The molecule has 0 amide bonds. The molecule has 0 aliphatic carbocycles. The van der Waals surface area contributed by atoms with Crippen molar-refractivity contribution in [3.63, 3.8) is 0 Å². The van der Waals surface area contributed by atoms with Gasteiger partial charge >= 0.3 is 0 Å². The highest BCUT2D eigenvalue weighted by Crippen LogP contribution is 2.03. The summed E-state index contributed by atoms with van der Waals surface area (Å²) in [5, 5.41) is 6.72. The predicted octanol–water partition coefficient (Wildman–Crippen LogP) is 2.39. The molecule has 2 N–H and O–H groups in total. The van der Waals surface area contributed by atoms with Crippen molar-refractivity contribution >= 4 is 29.9 Å². The summed E-state index contributed by atoms with van der Waals surface area (Å²) in [7, 11) is 1.81. The molecule has 22 heavy (non-hydrogen) atoms. The van der Waals surface area contributed by atoms with Crippen LogP contribution in [-0.4, -0.2) is 54.2 Å². The number of aromatic nitrogens is 1. The van der Waals surface area contributed by atoms with Gasteiger partial charge in [-0.2, -0.15) is 0 Å². The molecule has 0 radical (unpaired) electrons. The van der Waals surface area contributed by atoms with Gasteiger partial charge in [0.15, 0.2) is 5.96 Å². The van der Waals surface area contributed by atoms with Crippen molar-refractivity contribution in [3.8, 4) is 0 Å². The van der Waals surface area contributed by atoms with Crippen LogP contribution in [0, 0.1) is 0 Å². The summed E-state index contributed by atoms with van der Waals surface area (Å²) < 4.78 is 2.15. The molecule has 1 heterocycles. The van der Waals surface area contributed by atoms with Gasteiger partial charge < -0.3 is 15.2 Å². The maximum Gasteiger partial charge on any atom is 0.191 e. The molecule has 0 bridgehead atoms. The van der Waals surface area contributed by atoms with Crippen LogP contribution < -0.4 is 10.6 Å². The van der Waals surface area contributed by atoms with Crippen LogP contribution in [0.4, 0.5) is 0 Å². The zero-order chi connectivity index (χ0) is 15.7. The lowest BCUT2D eigenvalue weighted by molar-refractivity contribution is 0.178. The molecule has 0 unspecified atom stereocenters. The lowest BCUT2D eigenvalue weighted by atomic mass is 10.2. The zero-order valence-electron chi connectivity index (χ0n) is 14.5. The summed E-state index contributed by atoms with van der Waals surface area (Å²) in [4.78, 5) is 6.73. The molecule has 1 aromatic rings. The van der Waals surface area contributed by atoms with Crippen molar-refractivity contribution in [1.29, 1.82) is 0 Å². The molecule has 0 aromatic carbocycles. The molecule has 128 valence electrons. The van der Waals surface area contributed by atoms with Crippen LogP contribution in [0.3, 0.4) is 0 Å². The second-order valence-electron chi connectivity index (χ2n) is 5.77. The molecule has 1 rings (SSSR count). The Morgan fingerprint density at radius 1 is 1.05 bits per heavy atom. The van der Waals surface area contributed by atoms with E-state index in [2.05, 4.69) is 65.2 Å². The minimum Gasteiger partial charge on any atom is -0.355 e. The first-order valence-electron chi connectivity index (χ1n) is 7.85. The number of nitrogens with zero attached hydrogens (tertiary/aromatic N) is 3. The summed E-state index contributed by atoms with van der Waals surface area (Å²) in [5.74, 6) is 0.870. The molecule has 0 saturated heterocycles. The summed E-state index contributed by atoms with van der Waals surface area (Å²) >= 11 is 0. The SMILES string of the molecule is CN=C(NCCN(C(C)C)C(C)C)NCCn1cccc1.I. The Kier molecular flexibility index (Phi) is 11.4. The summed E-state index contributed by atoms with van der Waals surface area (Å²) in [6.07, 6.45) is 4.14. The molecule has 0 aliphatic heterocycles. The number of hydrogen-bond acceptors (Lipinski definition) is 2. The van der Waals surface area contributed by atoms with E-state index in [0.717, 1.165) is 32.1 Å². The van der Waals surface area contributed by atoms with Crippen molar-refractivity contribution in [1.82, 2.24) is 20.1 Å². The third-order valence-corrected chi connectivity index (χ3v) is 3.54. The molecule has 6 heteroatoms. The van der Waals surface area contributed by atoms with E-state index in [1.807, 2.05) is 19.2 Å². The Hall–Kier alpha value is -0.760.